The van der Waals surface area contributed by atoms with Gasteiger partial charge in [0.1, 0.15) is 5.60 Å². The van der Waals surface area contributed by atoms with Gasteiger partial charge in [0.2, 0.25) is 11.8 Å². The molecule has 0 aliphatic carbocycles. The topological polar surface area (TPSA) is 111 Å². The van der Waals surface area contributed by atoms with Gasteiger partial charge in [-0.2, -0.15) is 0 Å². The monoisotopic (exact) mass is 746 g/mol. The van der Waals surface area contributed by atoms with Crippen LogP contribution in [0.4, 0.5) is 38.9 Å². The first-order chi connectivity index (χ1) is 26.3. The van der Waals surface area contributed by atoms with E-state index in [1.54, 1.807) is 0 Å². The van der Waals surface area contributed by atoms with Gasteiger partial charge in [-0.3, -0.25) is 34.5 Å². The number of ether oxygens (including phenoxy) is 1. The van der Waals surface area contributed by atoms with E-state index in [0.29, 0.717) is 24.5 Å². The maximum Gasteiger partial charge on any atom is 0.412 e. The molecule has 2 heterocycles. The van der Waals surface area contributed by atoms with Crippen molar-refractivity contribution in [2.75, 3.05) is 60.1 Å². The van der Waals surface area contributed by atoms with Crippen LogP contribution in [0.25, 0.3) is 0 Å². The highest BCUT2D eigenvalue weighted by atomic mass is 16.6. The number of fused-ring (bicyclic) bond motifs is 4. The third kappa shape index (κ3) is 10.3. The van der Waals surface area contributed by atoms with Gasteiger partial charge in [-0.25, -0.2) is 4.79 Å². The zero-order valence-corrected chi connectivity index (χ0v) is 33.7. The Kier molecular flexibility index (Phi) is 13.7. The highest BCUT2D eigenvalue weighted by Gasteiger charge is 2.29. The maximum atomic E-state index is 13.5. The summed E-state index contributed by atoms with van der Waals surface area (Å²) in [5.74, 6) is 0.119. The van der Waals surface area contributed by atoms with Crippen molar-refractivity contribution in [2.24, 2.45) is 0 Å². The highest BCUT2D eigenvalue weighted by molar-refractivity contribution is 6.05. The lowest BCUT2D eigenvalue weighted by Crippen LogP contribution is -2.38. The molecule has 0 aromatic heterocycles. The van der Waals surface area contributed by atoms with Crippen molar-refractivity contribution >= 4 is 52.0 Å². The molecule has 3 amide bonds. The van der Waals surface area contributed by atoms with E-state index in [1.807, 2.05) is 103 Å². The molecule has 0 saturated carbocycles. The number of nitrogens with two attached hydrogens (primary N) is 1. The second-order valence-corrected chi connectivity index (χ2v) is 15.0. The quantitative estimate of drug-likeness (QED) is 0.165. The molecule has 2 aliphatic rings. The molecule has 0 fully saturated rings. The number of nitrogens with one attached hydrogen (secondary N) is 1. The predicted molar refractivity (Wildman–Crippen MR) is 225 cm³/mol. The lowest BCUT2D eigenvalue weighted by Gasteiger charge is -2.28. The van der Waals surface area contributed by atoms with Crippen molar-refractivity contribution in [3.63, 3.8) is 0 Å². The number of benzene rings is 4. The summed E-state index contributed by atoms with van der Waals surface area (Å²) in [5.41, 5.74) is 15.0. The predicted octanol–water partition coefficient (Wildman–Crippen LogP) is 8.51. The minimum atomic E-state index is -0.583. The summed E-state index contributed by atoms with van der Waals surface area (Å²) in [6.07, 6.45) is 3.03. The minimum absolute atomic E-state index is 0.0220. The Morgan fingerprint density at radius 3 is 1.49 bits per heavy atom. The maximum absolute atomic E-state index is 13.5. The molecule has 292 valence electrons. The van der Waals surface area contributed by atoms with Gasteiger partial charge in [-0.15, -0.1) is 0 Å². The van der Waals surface area contributed by atoms with E-state index in [1.165, 1.54) is 11.1 Å². The molecular weight excluding hydrogens is 689 g/mol. The number of amides is 3. The second kappa shape index (κ2) is 18.4. The van der Waals surface area contributed by atoms with E-state index in [0.717, 1.165) is 85.7 Å². The van der Waals surface area contributed by atoms with Crippen LogP contribution in [-0.4, -0.2) is 72.6 Å². The molecular formula is C45H58N6O4. The fourth-order valence-electron chi connectivity index (χ4n) is 7.12. The van der Waals surface area contributed by atoms with Crippen LogP contribution in [0.1, 0.15) is 70.7 Å². The van der Waals surface area contributed by atoms with Gasteiger partial charge in [0.15, 0.2) is 0 Å². The van der Waals surface area contributed by atoms with Gasteiger partial charge in [0, 0.05) is 11.4 Å². The van der Waals surface area contributed by atoms with E-state index < -0.39 is 11.7 Å². The first-order valence-corrected chi connectivity index (χ1v) is 19.6. The van der Waals surface area contributed by atoms with Gasteiger partial charge >= 0.3 is 6.09 Å². The molecule has 6 rings (SSSR count). The van der Waals surface area contributed by atoms with Crippen LogP contribution in [0.2, 0.25) is 0 Å². The summed E-state index contributed by atoms with van der Waals surface area (Å²) < 4.78 is 5.39. The molecule has 0 radical (unpaired) electrons. The SMILES string of the molecule is CCN(CC)CC(=O)N1c2ccccc2CCc2ccc(N)cc21.CCN(CC)CC(=O)N1c2ccccc2CCc2ccc(NC(=O)OC(C)(C)C)cc21. The number of hydrogen-bond donors (Lipinski definition) is 2. The summed E-state index contributed by atoms with van der Waals surface area (Å²) in [4.78, 5) is 46.9. The number of aryl methyl sites for hydroxylation is 4. The van der Waals surface area contributed by atoms with Crippen molar-refractivity contribution in [1.82, 2.24) is 9.80 Å². The van der Waals surface area contributed by atoms with Crippen molar-refractivity contribution in [3.05, 3.63) is 107 Å². The number of rotatable bonds is 9. The van der Waals surface area contributed by atoms with E-state index in [9.17, 15) is 14.4 Å². The molecule has 0 spiro atoms. The average Bonchev–Trinajstić information content (AvgIpc) is 3.43. The number of carbonyl (C=O) groups excluding carboxylic acids is 3. The number of nitrogen functional groups attached to an aromatic ring is 1. The molecule has 0 saturated heterocycles. The summed E-state index contributed by atoms with van der Waals surface area (Å²) in [5, 5.41) is 2.81. The second-order valence-electron chi connectivity index (χ2n) is 15.0. The van der Waals surface area contributed by atoms with Gasteiger partial charge in [-0.05, 0) is 131 Å². The van der Waals surface area contributed by atoms with Crippen LogP contribution in [0.3, 0.4) is 0 Å². The van der Waals surface area contributed by atoms with Crippen molar-refractivity contribution < 1.29 is 19.1 Å². The van der Waals surface area contributed by atoms with E-state index in [4.69, 9.17) is 10.5 Å². The number of carbonyl (C=O) groups is 3. The summed E-state index contributed by atoms with van der Waals surface area (Å²) >= 11 is 0. The molecule has 4 aromatic rings. The summed E-state index contributed by atoms with van der Waals surface area (Å²) in [6.45, 7) is 17.9. The Hall–Kier alpha value is -5.19. The Morgan fingerprint density at radius 2 is 1.04 bits per heavy atom. The van der Waals surface area contributed by atoms with E-state index in [-0.39, 0.29) is 11.8 Å². The number of likely N-dealkylation sites (N-methyl/N-ethyl adjacent to an activating group) is 2. The zero-order valence-electron chi connectivity index (χ0n) is 33.7. The standard InChI is InChI=1S/C25H33N3O3.C20H25N3O/c1-6-27(7-2)17-23(29)28-21-11-9-8-10-18(21)12-13-19-14-15-20(16-22(19)28)26-24(30)31-25(3,4)5;1-3-22(4-2)14-20(24)23-18-8-6-5-7-15(18)9-10-16-11-12-17(21)13-19(16)23/h8-11,14-16H,6-7,12-13,17H2,1-5H3,(H,26,30);5-8,11-13H,3-4,9-10,14,21H2,1-2H3. The lowest BCUT2D eigenvalue weighted by atomic mass is 10.0. The fourth-order valence-corrected chi connectivity index (χ4v) is 7.12. The Labute approximate surface area is 327 Å². The third-order valence-corrected chi connectivity index (χ3v) is 10.1. The first kappa shape index (κ1) is 41.0. The van der Waals surface area contributed by atoms with Crippen molar-refractivity contribution in [2.45, 2.75) is 79.8 Å². The van der Waals surface area contributed by atoms with Crippen LogP contribution >= 0.6 is 0 Å². The van der Waals surface area contributed by atoms with Crippen LogP contribution < -0.4 is 20.9 Å². The summed E-state index contributed by atoms with van der Waals surface area (Å²) in [6, 6.07) is 27.9. The van der Waals surface area contributed by atoms with Gasteiger partial charge in [0.05, 0.1) is 35.8 Å². The number of anilines is 6. The normalized spacial score (nSPS) is 13.3. The minimum Gasteiger partial charge on any atom is -0.444 e. The molecule has 0 unspecified atom stereocenters. The largest absolute Gasteiger partial charge is 0.444 e. The molecule has 10 heteroatoms. The molecule has 10 nitrogen and oxygen atoms in total. The number of para-hydroxylation sites is 2. The van der Waals surface area contributed by atoms with Crippen molar-refractivity contribution in [1.29, 1.82) is 0 Å². The Bertz CT molecular complexity index is 1960. The Morgan fingerprint density at radius 1 is 0.618 bits per heavy atom. The van der Waals surface area contributed by atoms with Gasteiger partial charge < -0.3 is 10.5 Å². The van der Waals surface area contributed by atoms with Crippen molar-refractivity contribution in [3.8, 4) is 0 Å². The van der Waals surface area contributed by atoms with Crippen LogP contribution in [-0.2, 0) is 40.0 Å². The zero-order chi connectivity index (χ0) is 39.7. The number of nitrogens with zero attached hydrogens (tertiary/aromatic N) is 4. The molecule has 0 bridgehead atoms. The van der Waals surface area contributed by atoms with E-state index in [2.05, 4.69) is 54.9 Å². The third-order valence-electron chi connectivity index (χ3n) is 10.1. The summed E-state index contributed by atoms with van der Waals surface area (Å²) in [7, 11) is 0. The van der Waals surface area contributed by atoms with Gasteiger partial charge in [0.25, 0.3) is 0 Å². The van der Waals surface area contributed by atoms with Gasteiger partial charge in [-0.1, -0.05) is 76.2 Å². The highest BCUT2D eigenvalue weighted by Crippen LogP contribution is 2.39. The first-order valence-electron chi connectivity index (χ1n) is 19.6. The Balaban J connectivity index is 0.000000218. The smallest absolute Gasteiger partial charge is 0.412 e. The van der Waals surface area contributed by atoms with E-state index >= 15 is 0 Å². The molecule has 3 N–H and O–H groups in total. The number of hydrogen-bond acceptors (Lipinski definition) is 7. The molecule has 55 heavy (non-hydrogen) atoms. The fraction of sp³-hybridized carbons (Fsp3) is 0.400. The van der Waals surface area contributed by atoms with Crippen LogP contribution in [0.5, 0.6) is 0 Å². The molecule has 4 aromatic carbocycles. The molecule has 2 aliphatic heterocycles. The average molecular weight is 747 g/mol. The van der Waals surface area contributed by atoms with Crippen LogP contribution in [0, 0.1) is 0 Å². The van der Waals surface area contributed by atoms with Crippen LogP contribution in [0.15, 0.2) is 84.9 Å². The lowest BCUT2D eigenvalue weighted by molar-refractivity contribution is -0.119. The molecule has 0 atom stereocenters.